The summed E-state index contributed by atoms with van der Waals surface area (Å²) < 4.78 is 10.7. The van der Waals surface area contributed by atoms with Crippen LogP contribution in [0.15, 0.2) is 48.5 Å². The maximum Gasteiger partial charge on any atom is 0.317 e. The molecule has 0 spiro atoms. The van der Waals surface area contributed by atoms with Gasteiger partial charge in [0.15, 0.2) is 11.5 Å². The molecular formula is C21H22N4O3. The fourth-order valence-corrected chi connectivity index (χ4v) is 3.48. The van der Waals surface area contributed by atoms with Crippen LogP contribution in [0.4, 0.5) is 4.79 Å². The number of nitrogens with zero attached hydrogens (tertiary/aromatic N) is 3. The Balaban J connectivity index is 1.31. The van der Waals surface area contributed by atoms with E-state index in [1.807, 2.05) is 36.4 Å². The van der Waals surface area contributed by atoms with Crippen LogP contribution >= 0.6 is 0 Å². The van der Waals surface area contributed by atoms with E-state index in [-0.39, 0.29) is 18.9 Å². The van der Waals surface area contributed by atoms with Gasteiger partial charge in [-0.25, -0.2) is 4.79 Å². The number of hydrogen-bond donors (Lipinski definition) is 1. The Hall–Kier alpha value is -3.24. The molecule has 28 heavy (non-hydrogen) atoms. The van der Waals surface area contributed by atoms with E-state index < -0.39 is 0 Å². The topological polar surface area (TPSA) is 77.8 Å². The SMILES string of the molecule is N#C[C@@H]1CN(C(=O)NCc2ccc3c(c2)OCO3)CCN1Cc1ccccc1. The largest absolute Gasteiger partial charge is 0.454 e. The Labute approximate surface area is 164 Å². The lowest BCUT2D eigenvalue weighted by Crippen LogP contribution is -2.55. The van der Waals surface area contributed by atoms with Gasteiger partial charge in [0.2, 0.25) is 6.79 Å². The summed E-state index contributed by atoms with van der Waals surface area (Å²) in [6.07, 6.45) is 0. The first-order valence-corrected chi connectivity index (χ1v) is 9.32. The predicted octanol–water partition coefficient (Wildman–Crippen LogP) is 2.33. The van der Waals surface area contributed by atoms with Gasteiger partial charge in [0.1, 0.15) is 6.04 Å². The summed E-state index contributed by atoms with van der Waals surface area (Å²) in [7, 11) is 0. The average Bonchev–Trinajstić information content (AvgIpc) is 3.21. The molecule has 2 aliphatic heterocycles. The first-order valence-electron chi connectivity index (χ1n) is 9.32. The number of rotatable bonds is 4. The summed E-state index contributed by atoms with van der Waals surface area (Å²) in [5.41, 5.74) is 2.11. The molecular weight excluding hydrogens is 356 g/mol. The summed E-state index contributed by atoms with van der Waals surface area (Å²) in [6, 6.07) is 17.6. The number of hydrogen-bond acceptors (Lipinski definition) is 5. The second-order valence-corrected chi connectivity index (χ2v) is 6.89. The summed E-state index contributed by atoms with van der Waals surface area (Å²) in [6.45, 7) is 3.01. The van der Waals surface area contributed by atoms with E-state index >= 15 is 0 Å². The van der Waals surface area contributed by atoms with Gasteiger partial charge < -0.3 is 19.7 Å². The van der Waals surface area contributed by atoms with Crippen LogP contribution in [0.3, 0.4) is 0 Å². The molecule has 0 bridgehead atoms. The van der Waals surface area contributed by atoms with Gasteiger partial charge >= 0.3 is 6.03 Å². The van der Waals surface area contributed by atoms with Gasteiger partial charge in [-0.3, -0.25) is 4.90 Å². The molecule has 2 amide bonds. The molecule has 1 atom stereocenters. The molecule has 0 saturated carbocycles. The van der Waals surface area contributed by atoms with E-state index in [0.717, 1.165) is 11.3 Å². The van der Waals surface area contributed by atoms with Gasteiger partial charge in [0, 0.05) is 26.2 Å². The van der Waals surface area contributed by atoms with E-state index in [4.69, 9.17) is 9.47 Å². The number of ether oxygens (including phenoxy) is 2. The highest BCUT2D eigenvalue weighted by molar-refractivity contribution is 5.74. The second-order valence-electron chi connectivity index (χ2n) is 6.89. The molecule has 7 nitrogen and oxygen atoms in total. The Morgan fingerprint density at radius 1 is 1.11 bits per heavy atom. The third-order valence-electron chi connectivity index (χ3n) is 5.04. The summed E-state index contributed by atoms with van der Waals surface area (Å²) in [4.78, 5) is 16.4. The van der Waals surface area contributed by atoms with Crippen molar-refractivity contribution in [2.24, 2.45) is 0 Å². The Morgan fingerprint density at radius 2 is 1.93 bits per heavy atom. The van der Waals surface area contributed by atoms with Gasteiger partial charge in [0.25, 0.3) is 0 Å². The van der Waals surface area contributed by atoms with Crippen LogP contribution in [0.5, 0.6) is 11.5 Å². The van der Waals surface area contributed by atoms with Crippen molar-refractivity contribution in [1.29, 1.82) is 5.26 Å². The lowest BCUT2D eigenvalue weighted by atomic mass is 10.1. The number of amides is 2. The minimum Gasteiger partial charge on any atom is -0.454 e. The van der Waals surface area contributed by atoms with Crippen molar-refractivity contribution in [2.45, 2.75) is 19.1 Å². The highest BCUT2D eigenvalue weighted by atomic mass is 16.7. The second kappa shape index (κ2) is 8.19. The fraction of sp³-hybridized carbons (Fsp3) is 0.333. The monoisotopic (exact) mass is 378 g/mol. The van der Waals surface area contributed by atoms with Crippen LogP contribution in [-0.2, 0) is 13.1 Å². The van der Waals surface area contributed by atoms with Crippen molar-refractivity contribution >= 4 is 6.03 Å². The number of piperazine rings is 1. The molecule has 0 aliphatic carbocycles. The molecule has 2 aromatic carbocycles. The fourth-order valence-electron chi connectivity index (χ4n) is 3.48. The number of urea groups is 1. The van der Waals surface area contributed by atoms with Crippen molar-refractivity contribution in [3.05, 3.63) is 59.7 Å². The number of nitriles is 1. The molecule has 2 heterocycles. The molecule has 144 valence electrons. The normalized spacial score (nSPS) is 18.5. The molecule has 0 aromatic heterocycles. The number of carbonyl (C=O) groups is 1. The summed E-state index contributed by atoms with van der Waals surface area (Å²) >= 11 is 0. The lowest BCUT2D eigenvalue weighted by Gasteiger charge is -2.38. The minimum absolute atomic E-state index is 0.155. The highest BCUT2D eigenvalue weighted by Crippen LogP contribution is 2.32. The minimum atomic E-state index is -0.315. The zero-order valence-corrected chi connectivity index (χ0v) is 15.5. The third kappa shape index (κ3) is 4.02. The van der Waals surface area contributed by atoms with Crippen molar-refractivity contribution in [3.63, 3.8) is 0 Å². The maximum absolute atomic E-state index is 12.6. The molecule has 0 radical (unpaired) electrons. The van der Waals surface area contributed by atoms with Crippen molar-refractivity contribution in [1.82, 2.24) is 15.1 Å². The van der Waals surface area contributed by atoms with E-state index in [2.05, 4.69) is 28.4 Å². The van der Waals surface area contributed by atoms with E-state index in [9.17, 15) is 10.1 Å². The number of benzene rings is 2. The summed E-state index contributed by atoms with van der Waals surface area (Å²) in [5, 5.41) is 12.5. The van der Waals surface area contributed by atoms with Gasteiger partial charge in [-0.05, 0) is 23.3 Å². The Kier molecular flexibility index (Phi) is 5.31. The maximum atomic E-state index is 12.6. The van der Waals surface area contributed by atoms with Gasteiger partial charge in [0.05, 0.1) is 12.6 Å². The van der Waals surface area contributed by atoms with Crippen LogP contribution in [0, 0.1) is 11.3 Å². The van der Waals surface area contributed by atoms with Gasteiger partial charge in [-0.2, -0.15) is 5.26 Å². The number of nitrogens with one attached hydrogen (secondary N) is 1. The first-order chi connectivity index (χ1) is 13.7. The van der Waals surface area contributed by atoms with E-state index in [1.165, 1.54) is 5.56 Å². The molecule has 7 heteroatoms. The van der Waals surface area contributed by atoms with Crippen molar-refractivity contribution in [2.75, 3.05) is 26.4 Å². The molecule has 4 rings (SSSR count). The van der Waals surface area contributed by atoms with Crippen LogP contribution in [0.25, 0.3) is 0 Å². The number of fused-ring (bicyclic) bond motifs is 1. The highest BCUT2D eigenvalue weighted by Gasteiger charge is 2.29. The molecule has 2 aliphatic rings. The molecule has 2 aromatic rings. The smallest absolute Gasteiger partial charge is 0.317 e. The van der Waals surface area contributed by atoms with Crippen LogP contribution in [0.2, 0.25) is 0 Å². The first kappa shape index (κ1) is 18.1. The van der Waals surface area contributed by atoms with Gasteiger partial charge in [-0.15, -0.1) is 0 Å². The third-order valence-corrected chi connectivity index (χ3v) is 5.04. The molecule has 0 unspecified atom stereocenters. The standard InChI is InChI=1S/C21H22N4O3/c22-11-18-14-25(9-8-24(18)13-16-4-2-1-3-5-16)21(26)23-12-17-6-7-19-20(10-17)28-15-27-19/h1-7,10,18H,8-9,12-15H2,(H,23,26)/t18-/m1/s1. The zero-order chi connectivity index (χ0) is 19.3. The van der Waals surface area contributed by atoms with Crippen molar-refractivity contribution in [3.8, 4) is 17.6 Å². The van der Waals surface area contributed by atoms with Gasteiger partial charge in [-0.1, -0.05) is 36.4 Å². The van der Waals surface area contributed by atoms with Crippen molar-refractivity contribution < 1.29 is 14.3 Å². The summed E-state index contributed by atoms with van der Waals surface area (Å²) in [5.74, 6) is 1.42. The molecule has 1 fully saturated rings. The Morgan fingerprint density at radius 3 is 2.75 bits per heavy atom. The molecule has 1 saturated heterocycles. The average molecular weight is 378 g/mol. The number of carbonyl (C=O) groups excluding carboxylic acids is 1. The molecule has 1 N–H and O–H groups in total. The van der Waals surface area contributed by atoms with Crippen LogP contribution in [0.1, 0.15) is 11.1 Å². The zero-order valence-electron chi connectivity index (χ0n) is 15.5. The predicted molar refractivity (Wildman–Crippen MR) is 103 cm³/mol. The Bertz CT molecular complexity index is 881. The van der Waals surface area contributed by atoms with E-state index in [0.29, 0.717) is 38.5 Å². The van der Waals surface area contributed by atoms with E-state index in [1.54, 1.807) is 4.90 Å². The quantitative estimate of drug-likeness (QED) is 0.884. The lowest BCUT2D eigenvalue weighted by molar-refractivity contribution is 0.108. The van der Waals surface area contributed by atoms with Crippen LogP contribution < -0.4 is 14.8 Å². The van der Waals surface area contributed by atoms with Crippen LogP contribution in [-0.4, -0.2) is 48.3 Å².